The Balaban J connectivity index is 1.86. The lowest BCUT2D eigenvalue weighted by atomic mass is 9.70. The van der Waals surface area contributed by atoms with Crippen molar-refractivity contribution in [1.82, 2.24) is 14.9 Å². The summed E-state index contributed by atoms with van der Waals surface area (Å²) in [5.74, 6) is 1.43. The summed E-state index contributed by atoms with van der Waals surface area (Å²) < 4.78 is 0. The molecule has 2 saturated heterocycles. The van der Waals surface area contributed by atoms with Crippen LogP contribution in [0.5, 0.6) is 0 Å². The number of aromatic amines is 1. The number of rotatable bonds is 3. The average Bonchev–Trinajstić information content (AvgIpc) is 3.00. The molecule has 2 aliphatic heterocycles. The molecular formula is C17H22N4O. The highest BCUT2D eigenvalue weighted by Crippen LogP contribution is 2.48. The highest BCUT2D eigenvalue weighted by molar-refractivity contribution is 6.04. The van der Waals surface area contributed by atoms with Gasteiger partial charge in [0.05, 0.1) is 16.6 Å². The Bertz CT molecular complexity index is 727. The number of amides is 1. The summed E-state index contributed by atoms with van der Waals surface area (Å²) in [4.78, 5) is 22.5. The first-order chi connectivity index (χ1) is 10.6. The Morgan fingerprint density at radius 3 is 2.91 bits per heavy atom. The van der Waals surface area contributed by atoms with Crippen molar-refractivity contribution in [2.75, 3.05) is 13.1 Å². The fourth-order valence-corrected chi connectivity index (χ4v) is 4.41. The molecule has 1 saturated carbocycles. The monoisotopic (exact) mass is 298 g/mol. The molecule has 5 rings (SSSR count). The number of H-pyrrole nitrogens is 1. The molecule has 0 spiro atoms. The van der Waals surface area contributed by atoms with E-state index in [1.807, 2.05) is 12.1 Å². The van der Waals surface area contributed by atoms with Gasteiger partial charge in [0.25, 0.3) is 5.91 Å². The number of hydrogen-bond acceptors (Lipinski definition) is 3. The van der Waals surface area contributed by atoms with Crippen LogP contribution < -0.4 is 5.73 Å². The van der Waals surface area contributed by atoms with Gasteiger partial charge in [0, 0.05) is 6.54 Å². The molecule has 1 aliphatic carbocycles. The quantitative estimate of drug-likeness (QED) is 0.913. The molecule has 1 amide bonds. The van der Waals surface area contributed by atoms with Gasteiger partial charge in [-0.1, -0.05) is 13.0 Å². The van der Waals surface area contributed by atoms with E-state index < -0.39 is 5.91 Å². The van der Waals surface area contributed by atoms with Gasteiger partial charge in [-0.3, -0.25) is 9.69 Å². The highest BCUT2D eigenvalue weighted by atomic mass is 16.1. The van der Waals surface area contributed by atoms with Crippen LogP contribution in [0.2, 0.25) is 0 Å². The molecule has 3 fully saturated rings. The van der Waals surface area contributed by atoms with Crippen LogP contribution in [0, 0.1) is 5.92 Å². The van der Waals surface area contributed by atoms with Gasteiger partial charge in [0.2, 0.25) is 0 Å². The lowest BCUT2D eigenvalue weighted by Crippen LogP contribution is -2.56. The topological polar surface area (TPSA) is 75.0 Å². The Hall–Kier alpha value is -1.88. The number of para-hydroxylation sites is 1. The number of hydrogen-bond donors (Lipinski definition) is 2. The van der Waals surface area contributed by atoms with Gasteiger partial charge >= 0.3 is 0 Å². The van der Waals surface area contributed by atoms with E-state index in [-0.39, 0.29) is 5.54 Å². The largest absolute Gasteiger partial charge is 0.366 e. The van der Waals surface area contributed by atoms with Crippen molar-refractivity contribution in [1.29, 1.82) is 0 Å². The number of benzene rings is 1. The van der Waals surface area contributed by atoms with Crippen LogP contribution in [0.3, 0.4) is 0 Å². The normalized spacial score (nSPS) is 28.3. The number of imidazole rings is 1. The zero-order valence-electron chi connectivity index (χ0n) is 12.9. The van der Waals surface area contributed by atoms with Crippen molar-refractivity contribution in [3.8, 4) is 0 Å². The van der Waals surface area contributed by atoms with Crippen LogP contribution in [-0.2, 0) is 5.54 Å². The van der Waals surface area contributed by atoms with Crippen molar-refractivity contribution in [3.63, 3.8) is 0 Å². The van der Waals surface area contributed by atoms with Gasteiger partial charge in [-0.15, -0.1) is 0 Å². The molecule has 5 heteroatoms. The minimum atomic E-state index is -0.416. The van der Waals surface area contributed by atoms with Crippen LogP contribution in [-0.4, -0.2) is 33.9 Å². The number of carbonyl (C=O) groups is 1. The molecule has 22 heavy (non-hydrogen) atoms. The minimum Gasteiger partial charge on any atom is -0.366 e. The van der Waals surface area contributed by atoms with E-state index in [2.05, 4.69) is 16.8 Å². The second kappa shape index (κ2) is 4.81. The minimum absolute atomic E-state index is 0.0113. The lowest BCUT2D eigenvalue weighted by molar-refractivity contribution is -0.0404. The number of piperidine rings is 2. The van der Waals surface area contributed by atoms with Crippen LogP contribution >= 0.6 is 0 Å². The zero-order chi connectivity index (χ0) is 15.3. The van der Waals surface area contributed by atoms with Crippen molar-refractivity contribution < 1.29 is 4.79 Å². The van der Waals surface area contributed by atoms with Crippen molar-refractivity contribution >= 4 is 16.9 Å². The van der Waals surface area contributed by atoms with Gasteiger partial charge in [-0.05, 0) is 50.3 Å². The standard InChI is InChI=1S/C17H22N4O/c1-2-21-10-11-6-8-17(21,9-7-11)16-19-13-5-3-4-12(15(18)22)14(13)20-16/h3-5,11H,2,6-10H2,1H3,(H2,18,22)(H,19,20). The molecule has 0 atom stereocenters. The van der Waals surface area contributed by atoms with Crippen molar-refractivity contribution in [2.24, 2.45) is 11.7 Å². The van der Waals surface area contributed by atoms with Crippen LogP contribution in [0.1, 0.15) is 48.8 Å². The van der Waals surface area contributed by atoms with E-state index in [4.69, 9.17) is 10.7 Å². The number of fused-ring (bicyclic) bond motifs is 4. The van der Waals surface area contributed by atoms with E-state index in [9.17, 15) is 4.79 Å². The molecule has 2 aromatic rings. The summed E-state index contributed by atoms with van der Waals surface area (Å²) in [7, 11) is 0. The molecule has 3 aliphatic rings. The first kappa shape index (κ1) is 13.8. The third-order valence-electron chi connectivity index (χ3n) is 5.62. The Morgan fingerprint density at radius 1 is 1.45 bits per heavy atom. The average molecular weight is 298 g/mol. The van der Waals surface area contributed by atoms with E-state index >= 15 is 0 Å². The van der Waals surface area contributed by atoms with Gasteiger partial charge in [-0.2, -0.15) is 0 Å². The Labute approximate surface area is 129 Å². The van der Waals surface area contributed by atoms with E-state index in [1.165, 1.54) is 12.8 Å². The van der Waals surface area contributed by atoms with Gasteiger partial charge in [0.1, 0.15) is 11.3 Å². The molecule has 1 aromatic heterocycles. The summed E-state index contributed by atoms with van der Waals surface area (Å²) in [5, 5.41) is 0. The molecule has 3 N–H and O–H groups in total. The van der Waals surface area contributed by atoms with Gasteiger partial charge in [-0.25, -0.2) is 4.98 Å². The number of aromatic nitrogens is 2. The zero-order valence-corrected chi connectivity index (χ0v) is 12.9. The second-order valence-corrected chi connectivity index (χ2v) is 6.66. The third-order valence-corrected chi connectivity index (χ3v) is 5.62. The van der Waals surface area contributed by atoms with Crippen molar-refractivity contribution in [3.05, 3.63) is 29.6 Å². The van der Waals surface area contributed by atoms with Crippen LogP contribution in [0.4, 0.5) is 0 Å². The number of nitrogens with two attached hydrogens (primary N) is 1. The fraction of sp³-hybridized carbons (Fsp3) is 0.529. The maximum atomic E-state index is 11.6. The second-order valence-electron chi connectivity index (χ2n) is 6.66. The van der Waals surface area contributed by atoms with Gasteiger partial charge in [0.15, 0.2) is 0 Å². The maximum absolute atomic E-state index is 11.6. The summed E-state index contributed by atoms with van der Waals surface area (Å²) in [5.41, 5.74) is 7.62. The summed E-state index contributed by atoms with van der Waals surface area (Å²) >= 11 is 0. The number of primary amides is 1. The molecule has 0 radical (unpaired) electrons. The van der Waals surface area contributed by atoms with E-state index in [0.717, 1.165) is 43.2 Å². The van der Waals surface area contributed by atoms with Crippen molar-refractivity contribution in [2.45, 2.75) is 38.1 Å². The molecule has 1 aromatic carbocycles. The van der Waals surface area contributed by atoms with E-state index in [1.54, 1.807) is 6.07 Å². The molecule has 0 unspecified atom stereocenters. The summed E-state index contributed by atoms with van der Waals surface area (Å²) in [6, 6.07) is 5.58. The van der Waals surface area contributed by atoms with Gasteiger partial charge < -0.3 is 10.7 Å². The summed E-state index contributed by atoms with van der Waals surface area (Å²) in [6.07, 6.45) is 4.85. The molecule has 2 bridgehead atoms. The third kappa shape index (κ3) is 1.81. The smallest absolute Gasteiger partial charge is 0.250 e. The predicted octanol–water partition coefficient (Wildman–Crippen LogP) is 2.38. The number of nitrogens with one attached hydrogen (secondary N) is 1. The highest BCUT2D eigenvalue weighted by Gasteiger charge is 2.48. The Morgan fingerprint density at radius 2 is 2.23 bits per heavy atom. The predicted molar refractivity (Wildman–Crippen MR) is 85.5 cm³/mol. The molecule has 5 nitrogen and oxygen atoms in total. The SMILES string of the molecule is CCN1CC2CCC1(c1nc3c(C(N)=O)cccc3[nH]1)CC2. The lowest BCUT2D eigenvalue weighted by Gasteiger charge is -2.53. The van der Waals surface area contributed by atoms with E-state index in [0.29, 0.717) is 11.1 Å². The number of carbonyl (C=O) groups excluding carboxylic acids is 1. The van der Waals surface area contributed by atoms with Crippen LogP contribution in [0.15, 0.2) is 18.2 Å². The Kier molecular flexibility index (Phi) is 3.01. The first-order valence-corrected chi connectivity index (χ1v) is 8.18. The van der Waals surface area contributed by atoms with Crippen LogP contribution in [0.25, 0.3) is 11.0 Å². The molecular weight excluding hydrogens is 276 g/mol. The number of nitrogens with zero attached hydrogens (tertiary/aromatic N) is 2. The first-order valence-electron chi connectivity index (χ1n) is 8.18. The molecule has 3 heterocycles. The fourth-order valence-electron chi connectivity index (χ4n) is 4.41. The summed E-state index contributed by atoms with van der Waals surface area (Å²) in [6.45, 7) is 4.42. The molecule has 116 valence electrons. The maximum Gasteiger partial charge on any atom is 0.250 e.